The number of thioether (sulfide) groups is 1. The van der Waals surface area contributed by atoms with E-state index in [0.29, 0.717) is 0 Å². The monoisotopic (exact) mass is 147 g/mol. The fourth-order valence-electron chi connectivity index (χ4n) is 0.487. The fraction of sp³-hybridized carbons (Fsp3) is 0.500. The molecule has 0 aromatic heterocycles. The average Bonchev–Trinajstić information content (AvgIpc) is 1.83. The molecular weight excluding hydrogens is 142 g/mol. The van der Waals surface area contributed by atoms with Crippen LogP contribution in [0.1, 0.15) is 0 Å². The van der Waals surface area contributed by atoms with Crippen molar-refractivity contribution in [3.05, 3.63) is 0 Å². The molecule has 0 spiro atoms. The predicted octanol–water partition coefficient (Wildman–Crippen LogP) is -0.522. The number of hydroxylamine groups is 2. The predicted molar refractivity (Wildman–Crippen MR) is 31.0 cm³/mol. The lowest BCUT2D eigenvalue weighted by atomic mass is 10.6. The Balaban J connectivity index is 2.62. The van der Waals surface area contributed by atoms with Gasteiger partial charge in [-0.25, -0.2) is 0 Å². The summed E-state index contributed by atoms with van der Waals surface area (Å²) in [6.45, 7) is 0. The lowest BCUT2D eigenvalue weighted by Crippen LogP contribution is -2.40. The van der Waals surface area contributed by atoms with Gasteiger partial charge in [-0.15, -0.1) is 11.8 Å². The van der Waals surface area contributed by atoms with Gasteiger partial charge in [0.1, 0.15) is 0 Å². The van der Waals surface area contributed by atoms with Gasteiger partial charge in [0.05, 0.1) is 11.5 Å². The van der Waals surface area contributed by atoms with Gasteiger partial charge in [0.2, 0.25) is 0 Å². The Kier molecular flexibility index (Phi) is 1.73. The van der Waals surface area contributed by atoms with Crippen LogP contribution in [0.25, 0.3) is 0 Å². The van der Waals surface area contributed by atoms with Crippen molar-refractivity contribution in [2.45, 2.75) is 0 Å². The highest BCUT2D eigenvalue weighted by Gasteiger charge is 2.24. The molecule has 4 nitrogen and oxygen atoms in total. The summed E-state index contributed by atoms with van der Waals surface area (Å²) < 4.78 is 0. The highest BCUT2D eigenvalue weighted by atomic mass is 32.2. The molecule has 1 rings (SSSR count). The minimum absolute atomic E-state index is 0.177. The second kappa shape index (κ2) is 2.36. The molecule has 1 aliphatic rings. The van der Waals surface area contributed by atoms with Crippen LogP contribution in [0.4, 0.5) is 0 Å². The number of hydrogen-bond acceptors (Lipinski definition) is 4. The maximum Gasteiger partial charge on any atom is 0.263 e. The molecule has 0 unspecified atom stereocenters. The van der Waals surface area contributed by atoms with Gasteiger partial charge < -0.3 is 0 Å². The van der Waals surface area contributed by atoms with E-state index in [0.717, 1.165) is 0 Å². The molecule has 2 amide bonds. The molecule has 1 fully saturated rings. The number of carbonyl (C=O) groups excluding carboxylic acids is 2. The Labute approximate surface area is 55.8 Å². The van der Waals surface area contributed by atoms with Crippen molar-refractivity contribution in [3.8, 4) is 0 Å². The Hall–Kier alpha value is -0.550. The fourth-order valence-corrected chi connectivity index (χ4v) is 1.18. The first-order valence-electron chi connectivity index (χ1n) is 2.34. The molecule has 0 aliphatic carbocycles. The molecule has 0 saturated carbocycles. The Morgan fingerprint density at radius 2 is 1.78 bits per heavy atom. The second-order valence-corrected chi connectivity index (χ2v) is 2.58. The molecule has 1 heterocycles. The summed E-state index contributed by atoms with van der Waals surface area (Å²) in [7, 11) is 0. The van der Waals surface area contributed by atoms with Crippen molar-refractivity contribution >= 4 is 23.6 Å². The molecule has 0 aromatic carbocycles. The van der Waals surface area contributed by atoms with Crippen LogP contribution in [-0.2, 0) is 9.59 Å². The number of nitrogens with zero attached hydrogens (tertiary/aromatic N) is 1. The molecule has 0 atom stereocenters. The van der Waals surface area contributed by atoms with Gasteiger partial charge in [-0.2, -0.15) is 5.06 Å². The van der Waals surface area contributed by atoms with Crippen LogP contribution in [0, 0.1) is 0 Å². The number of rotatable bonds is 0. The highest BCUT2D eigenvalue weighted by Crippen LogP contribution is 2.09. The third kappa shape index (κ3) is 1.22. The Bertz CT molecular complexity index is 142. The van der Waals surface area contributed by atoms with E-state index in [4.69, 9.17) is 5.21 Å². The maximum atomic E-state index is 10.4. The summed E-state index contributed by atoms with van der Waals surface area (Å²) in [6.07, 6.45) is 0. The van der Waals surface area contributed by atoms with Crippen molar-refractivity contribution in [1.29, 1.82) is 0 Å². The van der Waals surface area contributed by atoms with Gasteiger partial charge >= 0.3 is 0 Å². The van der Waals surface area contributed by atoms with E-state index in [1.54, 1.807) is 0 Å². The number of carbonyl (C=O) groups is 2. The van der Waals surface area contributed by atoms with Crippen LogP contribution in [0.15, 0.2) is 0 Å². The molecule has 0 aromatic rings. The van der Waals surface area contributed by atoms with E-state index in [1.807, 2.05) is 0 Å². The first-order chi connectivity index (χ1) is 4.22. The van der Waals surface area contributed by atoms with E-state index in [1.165, 1.54) is 11.8 Å². The molecule has 0 radical (unpaired) electrons. The summed E-state index contributed by atoms with van der Waals surface area (Å²) in [6, 6.07) is 0. The number of imide groups is 1. The van der Waals surface area contributed by atoms with Gasteiger partial charge in [0.25, 0.3) is 11.8 Å². The SMILES string of the molecule is O=C1CSCC(=O)N1O. The van der Waals surface area contributed by atoms with Crippen LogP contribution in [0.5, 0.6) is 0 Å². The largest absolute Gasteiger partial charge is 0.278 e. The molecule has 0 bridgehead atoms. The molecule has 1 N–H and O–H groups in total. The van der Waals surface area contributed by atoms with E-state index >= 15 is 0 Å². The van der Waals surface area contributed by atoms with E-state index in [2.05, 4.69) is 0 Å². The summed E-state index contributed by atoms with van der Waals surface area (Å²) in [5.74, 6) is -0.669. The maximum absolute atomic E-state index is 10.4. The first kappa shape index (κ1) is 6.57. The third-order valence-corrected chi connectivity index (χ3v) is 1.83. The van der Waals surface area contributed by atoms with Crippen molar-refractivity contribution in [2.24, 2.45) is 0 Å². The second-order valence-electron chi connectivity index (χ2n) is 1.59. The van der Waals surface area contributed by atoms with E-state index < -0.39 is 11.8 Å². The van der Waals surface area contributed by atoms with Gasteiger partial charge in [-0.1, -0.05) is 0 Å². The quantitative estimate of drug-likeness (QED) is 0.370. The number of amides is 2. The molecule has 1 saturated heterocycles. The van der Waals surface area contributed by atoms with Crippen LogP contribution in [0.3, 0.4) is 0 Å². The van der Waals surface area contributed by atoms with Crippen molar-refractivity contribution in [3.63, 3.8) is 0 Å². The summed E-state index contributed by atoms with van der Waals surface area (Å²) in [5, 5.41) is 8.74. The lowest BCUT2D eigenvalue weighted by Gasteiger charge is -2.16. The minimum Gasteiger partial charge on any atom is -0.278 e. The van der Waals surface area contributed by atoms with Gasteiger partial charge in [-0.3, -0.25) is 14.8 Å². The van der Waals surface area contributed by atoms with Gasteiger partial charge in [0, 0.05) is 0 Å². The molecule has 1 aliphatic heterocycles. The van der Waals surface area contributed by atoms with Crippen LogP contribution >= 0.6 is 11.8 Å². The summed E-state index contributed by atoms with van der Waals surface area (Å²) >= 11 is 1.21. The number of hydrogen-bond donors (Lipinski definition) is 1. The van der Waals surface area contributed by atoms with Crippen molar-refractivity contribution in [2.75, 3.05) is 11.5 Å². The standard InChI is InChI=1S/C4H5NO3S/c6-3-1-9-2-4(7)5(3)8/h8H,1-2H2. The van der Waals surface area contributed by atoms with Crippen molar-refractivity contribution in [1.82, 2.24) is 5.06 Å². The normalized spacial score (nSPS) is 20.8. The van der Waals surface area contributed by atoms with Crippen LogP contribution in [-0.4, -0.2) is 33.6 Å². The summed E-state index contributed by atoms with van der Waals surface area (Å²) in [5.41, 5.74) is 0. The molecule has 9 heavy (non-hydrogen) atoms. The van der Waals surface area contributed by atoms with Crippen LogP contribution in [0.2, 0.25) is 0 Å². The van der Waals surface area contributed by atoms with Crippen molar-refractivity contribution < 1.29 is 14.8 Å². The molecular formula is C4H5NO3S. The van der Waals surface area contributed by atoms with Gasteiger partial charge in [-0.05, 0) is 0 Å². The first-order valence-corrected chi connectivity index (χ1v) is 3.49. The zero-order valence-electron chi connectivity index (χ0n) is 4.53. The Morgan fingerprint density at radius 1 is 1.33 bits per heavy atom. The smallest absolute Gasteiger partial charge is 0.263 e. The molecule has 5 heteroatoms. The van der Waals surface area contributed by atoms with E-state index in [9.17, 15) is 9.59 Å². The van der Waals surface area contributed by atoms with Crippen LogP contribution < -0.4 is 0 Å². The zero-order chi connectivity index (χ0) is 6.85. The zero-order valence-corrected chi connectivity index (χ0v) is 5.35. The topological polar surface area (TPSA) is 57.6 Å². The third-order valence-electron chi connectivity index (χ3n) is 0.924. The highest BCUT2D eigenvalue weighted by molar-refractivity contribution is 8.00. The minimum atomic E-state index is -0.531. The summed E-state index contributed by atoms with van der Waals surface area (Å²) in [4.78, 5) is 20.9. The van der Waals surface area contributed by atoms with Gasteiger partial charge in [0.15, 0.2) is 0 Å². The molecule has 50 valence electrons. The van der Waals surface area contributed by atoms with E-state index in [-0.39, 0.29) is 16.6 Å². The lowest BCUT2D eigenvalue weighted by molar-refractivity contribution is -0.175. The average molecular weight is 147 g/mol. The Morgan fingerprint density at radius 3 is 2.11 bits per heavy atom.